The summed E-state index contributed by atoms with van der Waals surface area (Å²) >= 11 is 0. The van der Waals surface area contributed by atoms with Crippen molar-refractivity contribution in [2.45, 2.75) is 45.8 Å². The molecule has 0 saturated heterocycles. The Kier molecular flexibility index (Phi) is 6.87. The van der Waals surface area contributed by atoms with E-state index in [0.29, 0.717) is 25.6 Å². The molecule has 1 aromatic carbocycles. The molecule has 0 radical (unpaired) electrons. The minimum atomic E-state index is 0.0912. The van der Waals surface area contributed by atoms with Crippen LogP contribution in [0.3, 0.4) is 0 Å². The number of benzene rings is 1. The first-order chi connectivity index (χ1) is 10.8. The van der Waals surface area contributed by atoms with E-state index in [-0.39, 0.29) is 11.8 Å². The van der Waals surface area contributed by atoms with Gasteiger partial charge in [-0.15, -0.1) is 0 Å². The van der Waals surface area contributed by atoms with E-state index in [1.807, 2.05) is 12.1 Å². The van der Waals surface area contributed by atoms with Crippen molar-refractivity contribution in [1.82, 2.24) is 5.32 Å². The fourth-order valence-electron chi connectivity index (χ4n) is 3.17. The largest absolute Gasteiger partial charge is 0.377 e. The quantitative estimate of drug-likeness (QED) is 0.726. The maximum Gasteiger partial charge on any atom is 0.223 e. The molecule has 0 heterocycles. The van der Waals surface area contributed by atoms with E-state index in [2.05, 4.69) is 24.4 Å². The fraction of sp³-hybridized carbons (Fsp3) is 0.611. The Bertz CT molecular complexity index is 476. The lowest BCUT2D eigenvalue weighted by molar-refractivity contribution is -0.126. The molecule has 4 nitrogen and oxygen atoms in total. The number of rotatable bonds is 8. The summed E-state index contributed by atoms with van der Waals surface area (Å²) in [5, 5.41) is 3.09. The normalized spacial score (nSPS) is 21.0. The van der Waals surface area contributed by atoms with Gasteiger partial charge in [0.25, 0.3) is 0 Å². The number of hydrogen-bond acceptors (Lipinski definition) is 3. The molecule has 4 heteroatoms. The second-order valence-electron chi connectivity index (χ2n) is 6.07. The second-order valence-corrected chi connectivity index (χ2v) is 6.07. The van der Waals surface area contributed by atoms with Crippen molar-refractivity contribution in [3.8, 4) is 0 Å². The first kappa shape index (κ1) is 17.0. The molecule has 3 N–H and O–H groups in total. The first-order valence-corrected chi connectivity index (χ1v) is 8.38. The maximum atomic E-state index is 12.4. The molecule has 2 atom stereocenters. The van der Waals surface area contributed by atoms with Crippen molar-refractivity contribution in [2.75, 3.05) is 13.2 Å². The monoisotopic (exact) mass is 304 g/mol. The number of carbonyl (C=O) groups is 1. The molecule has 0 aromatic heterocycles. The van der Waals surface area contributed by atoms with E-state index >= 15 is 0 Å². The number of ether oxygens (including phenoxy) is 1. The van der Waals surface area contributed by atoms with E-state index in [4.69, 9.17) is 10.5 Å². The van der Waals surface area contributed by atoms with Crippen molar-refractivity contribution in [1.29, 1.82) is 0 Å². The van der Waals surface area contributed by atoms with Gasteiger partial charge in [-0.2, -0.15) is 0 Å². The zero-order valence-electron chi connectivity index (χ0n) is 13.5. The Morgan fingerprint density at radius 2 is 2.09 bits per heavy atom. The van der Waals surface area contributed by atoms with Gasteiger partial charge in [0.05, 0.1) is 6.61 Å². The van der Waals surface area contributed by atoms with E-state index in [1.165, 1.54) is 0 Å². The van der Waals surface area contributed by atoms with Crippen LogP contribution in [0.1, 0.15) is 43.7 Å². The van der Waals surface area contributed by atoms with Crippen molar-refractivity contribution in [3.05, 3.63) is 35.4 Å². The van der Waals surface area contributed by atoms with Gasteiger partial charge < -0.3 is 15.8 Å². The van der Waals surface area contributed by atoms with Crippen molar-refractivity contribution in [2.24, 2.45) is 17.6 Å². The van der Waals surface area contributed by atoms with Gasteiger partial charge in [0.15, 0.2) is 0 Å². The average molecular weight is 304 g/mol. The highest BCUT2D eigenvalue weighted by molar-refractivity contribution is 5.79. The molecule has 1 aliphatic carbocycles. The molecule has 1 saturated carbocycles. The number of nitrogens with two attached hydrogens (primary N) is 1. The lowest BCUT2D eigenvalue weighted by Gasteiger charge is -2.18. The molecular formula is C18H28N2O2. The van der Waals surface area contributed by atoms with Crippen LogP contribution in [0, 0.1) is 11.8 Å². The summed E-state index contributed by atoms with van der Waals surface area (Å²) < 4.78 is 5.62. The molecule has 0 bridgehead atoms. The fourth-order valence-corrected chi connectivity index (χ4v) is 3.17. The molecule has 0 spiro atoms. The van der Waals surface area contributed by atoms with Gasteiger partial charge in [-0.05, 0) is 42.9 Å². The van der Waals surface area contributed by atoms with Crippen LogP contribution in [-0.2, 0) is 22.7 Å². The third-order valence-corrected chi connectivity index (χ3v) is 4.48. The van der Waals surface area contributed by atoms with Gasteiger partial charge in [0.1, 0.15) is 0 Å². The van der Waals surface area contributed by atoms with Crippen LogP contribution >= 0.6 is 0 Å². The SMILES string of the molecule is CCCOCc1ccccc1CNC(=O)[C@@H]1CCC[C@@H]1CN. The van der Waals surface area contributed by atoms with E-state index in [9.17, 15) is 4.79 Å². The summed E-state index contributed by atoms with van der Waals surface area (Å²) in [4.78, 5) is 12.4. The zero-order chi connectivity index (χ0) is 15.8. The van der Waals surface area contributed by atoms with Crippen molar-refractivity contribution >= 4 is 5.91 Å². The predicted molar refractivity (Wildman–Crippen MR) is 88.1 cm³/mol. The Balaban J connectivity index is 1.89. The first-order valence-electron chi connectivity index (χ1n) is 8.38. The van der Waals surface area contributed by atoms with E-state index in [0.717, 1.165) is 43.4 Å². The highest BCUT2D eigenvalue weighted by Crippen LogP contribution is 2.31. The van der Waals surface area contributed by atoms with Crippen molar-refractivity contribution in [3.63, 3.8) is 0 Å². The Morgan fingerprint density at radius 3 is 2.82 bits per heavy atom. The summed E-state index contributed by atoms with van der Waals surface area (Å²) in [6, 6.07) is 8.13. The number of hydrogen-bond donors (Lipinski definition) is 2. The van der Waals surface area contributed by atoms with Crippen LogP contribution < -0.4 is 11.1 Å². The van der Waals surface area contributed by atoms with Gasteiger partial charge in [-0.3, -0.25) is 4.79 Å². The molecule has 22 heavy (non-hydrogen) atoms. The number of nitrogens with one attached hydrogen (secondary N) is 1. The van der Waals surface area contributed by atoms with Crippen LogP contribution in [0.2, 0.25) is 0 Å². The second kappa shape index (κ2) is 8.91. The number of carbonyl (C=O) groups excluding carboxylic acids is 1. The summed E-state index contributed by atoms with van der Waals surface area (Å²) in [7, 11) is 0. The molecule has 0 aliphatic heterocycles. The number of amides is 1. The minimum absolute atomic E-state index is 0.0912. The Morgan fingerprint density at radius 1 is 1.32 bits per heavy atom. The van der Waals surface area contributed by atoms with Crippen LogP contribution in [0.4, 0.5) is 0 Å². The molecule has 1 amide bonds. The molecular weight excluding hydrogens is 276 g/mol. The summed E-state index contributed by atoms with van der Waals surface area (Å²) in [6.45, 7) is 4.65. The van der Waals surface area contributed by atoms with Gasteiger partial charge >= 0.3 is 0 Å². The highest BCUT2D eigenvalue weighted by Gasteiger charge is 2.31. The lowest BCUT2D eigenvalue weighted by atomic mass is 9.95. The molecule has 2 rings (SSSR count). The van der Waals surface area contributed by atoms with Gasteiger partial charge in [-0.25, -0.2) is 0 Å². The smallest absolute Gasteiger partial charge is 0.223 e. The van der Waals surface area contributed by atoms with Crippen molar-refractivity contribution < 1.29 is 9.53 Å². The molecule has 1 aliphatic rings. The summed E-state index contributed by atoms with van der Waals surface area (Å²) in [6.07, 6.45) is 4.17. The Hall–Kier alpha value is -1.39. The standard InChI is InChI=1S/C18H28N2O2/c1-2-10-22-13-16-7-4-3-6-15(16)12-20-18(21)17-9-5-8-14(17)11-19/h3-4,6-7,14,17H,2,5,8-13,19H2,1H3,(H,20,21)/t14-,17-/m1/s1. The maximum absolute atomic E-state index is 12.4. The molecule has 0 unspecified atom stereocenters. The third-order valence-electron chi connectivity index (χ3n) is 4.48. The average Bonchev–Trinajstić information content (AvgIpc) is 3.02. The van der Waals surface area contributed by atoms with Crippen LogP contribution in [0.25, 0.3) is 0 Å². The van der Waals surface area contributed by atoms with Crippen LogP contribution in [0.5, 0.6) is 0 Å². The van der Waals surface area contributed by atoms with Gasteiger partial charge in [0, 0.05) is 19.1 Å². The van der Waals surface area contributed by atoms with E-state index < -0.39 is 0 Å². The van der Waals surface area contributed by atoms with Gasteiger partial charge in [-0.1, -0.05) is 37.6 Å². The highest BCUT2D eigenvalue weighted by atomic mass is 16.5. The lowest BCUT2D eigenvalue weighted by Crippen LogP contribution is -2.34. The zero-order valence-corrected chi connectivity index (χ0v) is 13.5. The summed E-state index contributed by atoms with van der Waals surface area (Å²) in [5.74, 6) is 0.592. The predicted octanol–water partition coefficient (Wildman–Crippen LogP) is 2.60. The topological polar surface area (TPSA) is 64.3 Å². The van der Waals surface area contributed by atoms with Crippen LogP contribution in [0.15, 0.2) is 24.3 Å². The van der Waals surface area contributed by atoms with E-state index in [1.54, 1.807) is 0 Å². The van der Waals surface area contributed by atoms with Gasteiger partial charge in [0.2, 0.25) is 5.91 Å². The minimum Gasteiger partial charge on any atom is -0.377 e. The molecule has 122 valence electrons. The van der Waals surface area contributed by atoms with Crippen LogP contribution in [-0.4, -0.2) is 19.1 Å². The summed E-state index contributed by atoms with van der Waals surface area (Å²) in [5.41, 5.74) is 8.05. The molecule has 1 aromatic rings. The molecule has 1 fully saturated rings. The third kappa shape index (κ3) is 4.55. The Labute approximate surface area is 133 Å².